The molecule has 1 aromatic rings. The van der Waals surface area contributed by atoms with Crippen LogP contribution >= 0.6 is 0 Å². The molecule has 7 heteroatoms. The molecule has 0 atom stereocenters. The number of hydrogen-bond donors (Lipinski definition) is 1. The standard InChI is InChI=1S/C13H17F3N2O2/c1-13(2)7-19-4-3-18(13)10-6-11(20-12(15)16)8(14)5-9(10)17/h5-6,12H,3-4,7,17H2,1-2H3. The van der Waals surface area contributed by atoms with Gasteiger partial charge in [0.15, 0.2) is 11.6 Å². The van der Waals surface area contributed by atoms with E-state index in [4.69, 9.17) is 10.5 Å². The van der Waals surface area contributed by atoms with Gasteiger partial charge in [-0.3, -0.25) is 0 Å². The van der Waals surface area contributed by atoms with Crippen LogP contribution in [-0.2, 0) is 4.74 Å². The second-order valence-electron chi connectivity index (χ2n) is 5.24. The topological polar surface area (TPSA) is 47.7 Å². The second-order valence-corrected chi connectivity index (χ2v) is 5.24. The number of hydrogen-bond acceptors (Lipinski definition) is 4. The third-order valence-corrected chi connectivity index (χ3v) is 3.23. The summed E-state index contributed by atoms with van der Waals surface area (Å²) >= 11 is 0. The molecular formula is C13H17F3N2O2. The third kappa shape index (κ3) is 2.92. The van der Waals surface area contributed by atoms with Crippen LogP contribution in [0.4, 0.5) is 24.5 Å². The fraction of sp³-hybridized carbons (Fsp3) is 0.538. The van der Waals surface area contributed by atoms with Crippen molar-refractivity contribution in [3.63, 3.8) is 0 Å². The molecule has 1 aliphatic heterocycles. The summed E-state index contributed by atoms with van der Waals surface area (Å²) in [6.45, 7) is 2.28. The third-order valence-electron chi connectivity index (χ3n) is 3.23. The Labute approximate surface area is 115 Å². The maximum absolute atomic E-state index is 13.6. The highest BCUT2D eigenvalue weighted by Gasteiger charge is 2.32. The Hall–Kier alpha value is -1.63. The Balaban J connectivity index is 2.40. The van der Waals surface area contributed by atoms with Gasteiger partial charge in [-0.05, 0) is 13.8 Å². The normalized spacial score (nSPS) is 18.4. The van der Waals surface area contributed by atoms with Crippen molar-refractivity contribution in [1.82, 2.24) is 0 Å². The lowest BCUT2D eigenvalue weighted by Gasteiger charge is -2.44. The molecule has 0 aliphatic carbocycles. The number of benzene rings is 1. The van der Waals surface area contributed by atoms with Crippen LogP contribution in [0.3, 0.4) is 0 Å². The summed E-state index contributed by atoms with van der Waals surface area (Å²) in [5.41, 5.74) is 6.09. The molecule has 1 fully saturated rings. The molecule has 0 aromatic heterocycles. The minimum Gasteiger partial charge on any atom is -0.432 e. The van der Waals surface area contributed by atoms with Gasteiger partial charge >= 0.3 is 6.61 Å². The molecular weight excluding hydrogens is 273 g/mol. The minimum absolute atomic E-state index is 0.180. The van der Waals surface area contributed by atoms with E-state index in [2.05, 4.69) is 4.74 Å². The molecule has 112 valence electrons. The fourth-order valence-corrected chi connectivity index (χ4v) is 2.28. The van der Waals surface area contributed by atoms with Gasteiger partial charge in [0.2, 0.25) is 0 Å². The minimum atomic E-state index is -3.08. The first-order valence-corrected chi connectivity index (χ1v) is 6.20. The van der Waals surface area contributed by atoms with E-state index >= 15 is 0 Å². The highest BCUT2D eigenvalue weighted by molar-refractivity contribution is 5.71. The smallest absolute Gasteiger partial charge is 0.387 e. The van der Waals surface area contributed by atoms with Crippen LogP contribution in [0.2, 0.25) is 0 Å². The predicted molar refractivity (Wildman–Crippen MR) is 69.7 cm³/mol. The Morgan fingerprint density at radius 3 is 2.70 bits per heavy atom. The lowest BCUT2D eigenvalue weighted by Crippen LogP contribution is -2.53. The average Bonchev–Trinajstić information content (AvgIpc) is 2.32. The number of alkyl halides is 2. The zero-order chi connectivity index (χ0) is 14.9. The Morgan fingerprint density at radius 1 is 1.40 bits per heavy atom. The van der Waals surface area contributed by atoms with Crippen LogP contribution in [0, 0.1) is 5.82 Å². The number of rotatable bonds is 3. The van der Waals surface area contributed by atoms with Crippen molar-refractivity contribution in [3.05, 3.63) is 17.9 Å². The van der Waals surface area contributed by atoms with Crippen molar-refractivity contribution in [2.45, 2.75) is 26.0 Å². The summed E-state index contributed by atoms with van der Waals surface area (Å²) in [6.07, 6.45) is 0. The van der Waals surface area contributed by atoms with Crippen LogP contribution in [0.1, 0.15) is 13.8 Å². The monoisotopic (exact) mass is 290 g/mol. The number of nitrogens with zero attached hydrogens (tertiary/aromatic N) is 1. The van der Waals surface area contributed by atoms with Crippen molar-refractivity contribution >= 4 is 11.4 Å². The van der Waals surface area contributed by atoms with Crippen LogP contribution in [0.15, 0.2) is 12.1 Å². The van der Waals surface area contributed by atoms with Gasteiger partial charge in [0.1, 0.15) is 0 Å². The van der Waals surface area contributed by atoms with Crippen molar-refractivity contribution in [1.29, 1.82) is 0 Å². The lowest BCUT2D eigenvalue weighted by atomic mass is 10.0. The number of ether oxygens (including phenoxy) is 2. The van der Waals surface area contributed by atoms with Gasteiger partial charge in [0.25, 0.3) is 0 Å². The molecule has 1 heterocycles. The van der Waals surface area contributed by atoms with Gasteiger partial charge in [0, 0.05) is 18.7 Å². The first kappa shape index (κ1) is 14.8. The summed E-state index contributed by atoms with van der Waals surface area (Å²) in [5.74, 6) is -1.41. The van der Waals surface area contributed by atoms with E-state index in [9.17, 15) is 13.2 Å². The maximum atomic E-state index is 13.6. The fourth-order valence-electron chi connectivity index (χ4n) is 2.28. The molecule has 0 radical (unpaired) electrons. The molecule has 0 unspecified atom stereocenters. The summed E-state index contributed by atoms with van der Waals surface area (Å²) in [5, 5.41) is 0. The van der Waals surface area contributed by atoms with Crippen LogP contribution in [0.5, 0.6) is 5.75 Å². The molecule has 1 aromatic carbocycles. The lowest BCUT2D eigenvalue weighted by molar-refractivity contribution is -0.0521. The number of nitrogen functional groups attached to an aromatic ring is 1. The van der Waals surface area contributed by atoms with Crippen LogP contribution in [0.25, 0.3) is 0 Å². The first-order chi connectivity index (χ1) is 9.31. The SMILES string of the molecule is CC1(C)COCCN1c1cc(OC(F)F)c(F)cc1N. The highest BCUT2D eigenvalue weighted by Crippen LogP contribution is 2.36. The van der Waals surface area contributed by atoms with E-state index in [0.717, 1.165) is 6.07 Å². The van der Waals surface area contributed by atoms with Crippen LogP contribution in [-0.4, -0.2) is 31.9 Å². The van der Waals surface area contributed by atoms with Crippen molar-refractivity contribution < 1.29 is 22.6 Å². The quantitative estimate of drug-likeness (QED) is 0.869. The molecule has 1 saturated heterocycles. The molecule has 0 spiro atoms. The zero-order valence-electron chi connectivity index (χ0n) is 11.3. The van der Waals surface area contributed by atoms with E-state index in [1.54, 1.807) is 0 Å². The Morgan fingerprint density at radius 2 is 2.10 bits per heavy atom. The summed E-state index contributed by atoms with van der Waals surface area (Å²) < 4.78 is 47.7. The van der Waals surface area contributed by atoms with Gasteiger partial charge in [-0.15, -0.1) is 0 Å². The number of morpholine rings is 1. The predicted octanol–water partition coefficient (Wildman–Crippen LogP) is 2.62. The number of nitrogens with two attached hydrogens (primary N) is 1. The molecule has 0 amide bonds. The number of halogens is 3. The van der Waals surface area contributed by atoms with Gasteiger partial charge in [-0.25, -0.2) is 4.39 Å². The average molecular weight is 290 g/mol. The van der Waals surface area contributed by atoms with Crippen molar-refractivity contribution in [3.8, 4) is 5.75 Å². The molecule has 20 heavy (non-hydrogen) atoms. The molecule has 2 N–H and O–H groups in total. The summed E-state index contributed by atoms with van der Waals surface area (Å²) in [6, 6.07) is 2.21. The molecule has 1 aliphatic rings. The van der Waals surface area contributed by atoms with E-state index in [-0.39, 0.29) is 11.2 Å². The maximum Gasteiger partial charge on any atom is 0.387 e. The molecule has 2 rings (SSSR count). The van der Waals surface area contributed by atoms with E-state index in [1.165, 1.54) is 6.07 Å². The van der Waals surface area contributed by atoms with Gasteiger partial charge in [-0.2, -0.15) is 8.78 Å². The molecule has 0 saturated carbocycles. The summed E-state index contributed by atoms with van der Waals surface area (Å²) in [7, 11) is 0. The highest BCUT2D eigenvalue weighted by atomic mass is 19.3. The second kappa shape index (κ2) is 5.40. The largest absolute Gasteiger partial charge is 0.432 e. The van der Waals surface area contributed by atoms with Gasteiger partial charge in [0.05, 0.1) is 30.1 Å². The Kier molecular flexibility index (Phi) is 3.99. The van der Waals surface area contributed by atoms with Crippen LogP contribution < -0.4 is 15.4 Å². The first-order valence-electron chi connectivity index (χ1n) is 6.20. The Bertz CT molecular complexity index is 495. The van der Waals surface area contributed by atoms with E-state index < -0.39 is 18.2 Å². The zero-order valence-corrected chi connectivity index (χ0v) is 11.3. The summed E-state index contributed by atoms with van der Waals surface area (Å²) in [4.78, 5) is 1.91. The van der Waals surface area contributed by atoms with E-state index in [1.807, 2.05) is 18.7 Å². The van der Waals surface area contributed by atoms with Crippen molar-refractivity contribution in [2.75, 3.05) is 30.4 Å². The van der Waals surface area contributed by atoms with E-state index in [0.29, 0.717) is 25.4 Å². The number of anilines is 2. The molecule has 4 nitrogen and oxygen atoms in total. The van der Waals surface area contributed by atoms with Gasteiger partial charge in [-0.1, -0.05) is 0 Å². The molecule has 0 bridgehead atoms. The van der Waals surface area contributed by atoms with Crippen molar-refractivity contribution in [2.24, 2.45) is 0 Å². The van der Waals surface area contributed by atoms with Gasteiger partial charge < -0.3 is 20.1 Å².